The van der Waals surface area contributed by atoms with Crippen molar-refractivity contribution in [3.05, 3.63) is 69.2 Å². The summed E-state index contributed by atoms with van der Waals surface area (Å²) in [6.45, 7) is 0. The third kappa shape index (κ3) is 3.29. The molecule has 0 aliphatic heterocycles. The standard InChI is InChI=1S/C14H6BrF5O/c15-11-6-8(16)2-3-9(11)13(21)7-1-4-10(12(17)5-7)14(18,19)20/h1-6H. The fourth-order valence-corrected chi connectivity index (χ4v) is 2.25. The molecule has 0 fully saturated rings. The van der Waals surface area contributed by atoms with Crippen LogP contribution in [0, 0.1) is 11.6 Å². The molecule has 7 heteroatoms. The summed E-state index contributed by atoms with van der Waals surface area (Å²) in [4.78, 5) is 12.1. The Morgan fingerprint density at radius 3 is 2.19 bits per heavy atom. The summed E-state index contributed by atoms with van der Waals surface area (Å²) < 4.78 is 63.8. The first kappa shape index (κ1) is 15.6. The zero-order chi connectivity index (χ0) is 15.8. The Hall–Kier alpha value is -1.76. The Morgan fingerprint density at radius 2 is 1.67 bits per heavy atom. The van der Waals surface area contributed by atoms with E-state index in [0.29, 0.717) is 12.1 Å². The third-order valence-electron chi connectivity index (χ3n) is 2.71. The minimum absolute atomic E-state index is 0.0237. The highest BCUT2D eigenvalue weighted by molar-refractivity contribution is 9.10. The van der Waals surface area contributed by atoms with E-state index in [-0.39, 0.29) is 15.6 Å². The summed E-state index contributed by atoms with van der Waals surface area (Å²) in [6, 6.07) is 5.12. The van der Waals surface area contributed by atoms with Crippen molar-refractivity contribution in [2.75, 3.05) is 0 Å². The van der Waals surface area contributed by atoms with Gasteiger partial charge in [-0.25, -0.2) is 8.78 Å². The average Bonchev–Trinajstić information content (AvgIpc) is 2.36. The van der Waals surface area contributed by atoms with E-state index in [4.69, 9.17) is 0 Å². The molecule has 2 aromatic carbocycles. The second-order valence-electron chi connectivity index (χ2n) is 4.15. The van der Waals surface area contributed by atoms with Crippen molar-refractivity contribution in [2.45, 2.75) is 6.18 Å². The molecule has 0 aliphatic rings. The zero-order valence-corrected chi connectivity index (χ0v) is 11.7. The Balaban J connectivity index is 2.43. The van der Waals surface area contributed by atoms with Crippen molar-refractivity contribution in [3.63, 3.8) is 0 Å². The number of rotatable bonds is 2. The summed E-state index contributed by atoms with van der Waals surface area (Å²) in [5.41, 5.74) is -1.68. The molecule has 0 radical (unpaired) electrons. The van der Waals surface area contributed by atoms with Crippen LogP contribution < -0.4 is 0 Å². The summed E-state index contributed by atoms with van der Waals surface area (Å²) in [5.74, 6) is -2.84. The van der Waals surface area contributed by atoms with Crippen LogP contribution in [0.4, 0.5) is 22.0 Å². The van der Waals surface area contributed by atoms with E-state index in [1.807, 2.05) is 0 Å². The first-order chi connectivity index (χ1) is 9.70. The molecule has 21 heavy (non-hydrogen) atoms. The molecule has 0 saturated carbocycles. The van der Waals surface area contributed by atoms with E-state index >= 15 is 0 Å². The highest BCUT2D eigenvalue weighted by atomic mass is 79.9. The number of benzene rings is 2. The Bertz CT molecular complexity index is 709. The first-order valence-corrected chi connectivity index (χ1v) is 6.36. The molecular weight excluding hydrogens is 359 g/mol. The predicted molar refractivity (Wildman–Crippen MR) is 68.9 cm³/mol. The molecule has 0 unspecified atom stereocenters. The van der Waals surface area contributed by atoms with Crippen molar-refractivity contribution in [1.29, 1.82) is 0 Å². The van der Waals surface area contributed by atoms with Crippen LogP contribution in [0.15, 0.2) is 40.9 Å². The van der Waals surface area contributed by atoms with E-state index in [2.05, 4.69) is 15.9 Å². The molecule has 0 aliphatic carbocycles. The highest BCUT2D eigenvalue weighted by Gasteiger charge is 2.34. The molecule has 1 nitrogen and oxygen atoms in total. The van der Waals surface area contributed by atoms with E-state index < -0.39 is 29.2 Å². The van der Waals surface area contributed by atoms with E-state index in [1.54, 1.807) is 0 Å². The molecule has 2 rings (SSSR count). The third-order valence-corrected chi connectivity index (χ3v) is 3.37. The number of hydrogen-bond acceptors (Lipinski definition) is 1. The summed E-state index contributed by atoms with van der Waals surface area (Å²) in [5, 5.41) is 0. The lowest BCUT2D eigenvalue weighted by Gasteiger charge is -2.09. The van der Waals surface area contributed by atoms with Gasteiger partial charge in [-0.3, -0.25) is 4.79 Å². The van der Waals surface area contributed by atoms with E-state index in [9.17, 15) is 26.7 Å². The Kier molecular flexibility index (Phi) is 4.13. The van der Waals surface area contributed by atoms with Crippen molar-refractivity contribution >= 4 is 21.7 Å². The molecule has 110 valence electrons. The first-order valence-electron chi connectivity index (χ1n) is 5.56. The van der Waals surface area contributed by atoms with Gasteiger partial charge in [-0.1, -0.05) is 6.07 Å². The second-order valence-corrected chi connectivity index (χ2v) is 5.00. The molecule has 0 spiro atoms. The van der Waals surface area contributed by atoms with Crippen molar-refractivity contribution in [2.24, 2.45) is 0 Å². The summed E-state index contributed by atoms with van der Waals surface area (Å²) >= 11 is 2.98. The van der Waals surface area contributed by atoms with Crippen LogP contribution in [0.1, 0.15) is 21.5 Å². The minimum atomic E-state index is -4.83. The molecule has 0 aromatic heterocycles. The Morgan fingerprint density at radius 1 is 1.00 bits per heavy atom. The number of alkyl halides is 3. The van der Waals surface area contributed by atoms with Gasteiger partial charge in [0.05, 0.1) is 5.56 Å². The molecule has 0 heterocycles. The van der Waals surface area contributed by atoms with Crippen LogP contribution in [0.5, 0.6) is 0 Å². The van der Waals surface area contributed by atoms with Gasteiger partial charge in [0.25, 0.3) is 0 Å². The predicted octanol–water partition coefficient (Wildman–Crippen LogP) is 4.98. The molecule has 0 N–H and O–H groups in total. The normalized spacial score (nSPS) is 11.5. The van der Waals surface area contributed by atoms with Gasteiger partial charge >= 0.3 is 6.18 Å². The van der Waals surface area contributed by atoms with Crippen LogP contribution in [-0.4, -0.2) is 5.78 Å². The lowest BCUT2D eigenvalue weighted by Crippen LogP contribution is -2.10. The quantitative estimate of drug-likeness (QED) is 0.542. The fraction of sp³-hybridized carbons (Fsp3) is 0.0714. The van der Waals surface area contributed by atoms with Gasteiger partial charge in [0.15, 0.2) is 5.78 Å². The number of carbonyl (C=O) groups excluding carboxylic acids is 1. The fourth-order valence-electron chi connectivity index (χ4n) is 1.72. The second kappa shape index (κ2) is 5.55. The lowest BCUT2D eigenvalue weighted by molar-refractivity contribution is -0.140. The van der Waals surface area contributed by atoms with Crippen molar-refractivity contribution < 1.29 is 26.7 Å². The monoisotopic (exact) mass is 364 g/mol. The topological polar surface area (TPSA) is 17.1 Å². The van der Waals surface area contributed by atoms with Gasteiger partial charge in [-0.05, 0) is 46.3 Å². The molecule has 0 saturated heterocycles. The van der Waals surface area contributed by atoms with Crippen LogP contribution in [0.2, 0.25) is 0 Å². The average molecular weight is 365 g/mol. The summed E-state index contributed by atoms with van der Waals surface area (Å²) in [7, 11) is 0. The minimum Gasteiger partial charge on any atom is -0.289 e. The maximum atomic E-state index is 13.4. The van der Waals surface area contributed by atoms with Crippen molar-refractivity contribution in [1.82, 2.24) is 0 Å². The van der Waals surface area contributed by atoms with E-state index in [1.165, 1.54) is 0 Å². The van der Waals surface area contributed by atoms with Crippen molar-refractivity contribution in [3.8, 4) is 0 Å². The van der Waals surface area contributed by atoms with Crippen LogP contribution in [0.25, 0.3) is 0 Å². The smallest absolute Gasteiger partial charge is 0.289 e. The number of carbonyl (C=O) groups is 1. The lowest BCUT2D eigenvalue weighted by atomic mass is 10.0. The molecule has 0 bridgehead atoms. The molecule has 0 atom stereocenters. The highest BCUT2D eigenvalue weighted by Crippen LogP contribution is 2.32. The maximum Gasteiger partial charge on any atom is 0.419 e. The number of hydrogen-bond donors (Lipinski definition) is 0. The molecular formula is C14H6BrF5O. The van der Waals surface area contributed by atoms with Crippen LogP contribution in [-0.2, 0) is 6.18 Å². The van der Waals surface area contributed by atoms with Gasteiger partial charge in [0.1, 0.15) is 11.6 Å². The van der Waals surface area contributed by atoms with Gasteiger partial charge in [-0.2, -0.15) is 13.2 Å². The van der Waals surface area contributed by atoms with Crippen LogP contribution in [0.3, 0.4) is 0 Å². The van der Waals surface area contributed by atoms with Gasteiger partial charge in [-0.15, -0.1) is 0 Å². The van der Waals surface area contributed by atoms with Gasteiger partial charge < -0.3 is 0 Å². The SMILES string of the molecule is O=C(c1ccc(C(F)(F)F)c(F)c1)c1ccc(F)cc1Br. The van der Waals surface area contributed by atoms with Crippen LogP contribution >= 0.6 is 15.9 Å². The Labute approximate surface area is 124 Å². The number of ketones is 1. The number of halogens is 6. The van der Waals surface area contributed by atoms with Gasteiger partial charge in [0.2, 0.25) is 0 Å². The van der Waals surface area contributed by atoms with Gasteiger partial charge in [0, 0.05) is 15.6 Å². The molecule has 2 aromatic rings. The zero-order valence-electron chi connectivity index (χ0n) is 10.1. The maximum absolute atomic E-state index is 13.4. The largest absolute Gasteiger partial charge is 0.419 e. The van der Waals surface area contributed by atoms with E-state index in [0.717, 1.165) is 24.3 Å². The summed E-state index contributed by atoms with van der Waals surface area (Å²) in [6.07, 6.45) is -4.83. The molecule has 0 amide bonds.